The van der Waals surface area contributed by atoms with E-state index in [1.165, 1.54) is 0 Å². The molecule has 1 aromatic carbocycles. The molecule has 0 saturated carbocycles. The fraction of sp³-hybridized carbons (Fsp3) is 0. The van der Waals surface area contributed by atoms with Crippen molar-refractivity contribution in [3.63, 3.8) is 0 Å². The molecule has 0 aliphatic heterocycles. The van der Waals surface area contributed by atoms with Gasteiger partial charge in [0.2, 0.25) is 0 Å². The number of amides is 1. The van der Waals surface area contributed by atoms with Crippen LogP contribution in [0, 0.1) is 20.2 Å². The molecule has 19 heavy (non-hydrogen) atoms. The summed E-state index contributed by atoms with van der Waals surface area (Å²) in [4.78, 5) is 31.1. The van der Waals surface area contributed by atoms with Gasteiger partial charge >= 0.3 is 11.4 Å². The van der Waals surface area contributed by atoms with Crippen molar-refractivity contribution < 1.29 is 14.6 Å². The van der Waals surface area contributed by atoms with Gasteiger partial charge in [0.15, 0.2) is 5.11 Å². The van der Waals surface area contributed by atoms with Gasteiger partial charge in [0.1, 0.15) is 0 Å². The lowest BCUT2D eigenvalue weighted by Crippen LogP contribution is -2.45. The van der Waals surface area contributed by atoms with Gasteiger partial charge in [-0.1, -0.05) is 0 Å². The number of nitro groups is 2. The van der Waals surface area contributed by atoms with E-state index in [4.69, 9.17) is 11.6 Å². The molecule has 0 radical (unpaired) electrons. The molecule has 0 aliphatic rings. The summed E-state index contributed by atoms with van der Waals surface area (Å²) < 4.78 is 0. The van der Waals surface area contributed by atoms with Crippen LogP contribution in [0.2, 0.25) is 0 Å². The second-order valence-corrected chi connectivity index (χ2v) is 3.65. The number of hydrogen-bond acceptors (Lipinski definition) is 7. The molecule has 1 amide bonds. The molecule has 0 bridgehead atoms. The van der Waals surface area contributed by atoms with Gasteiger partial charge in [0, 0.05) is 17.7 Å². The smallest absolute Gasteiger partial charge is 0.346 e. The zero-order valence-corrected chi connectivity index (χ0v) is 9.99. The van der Waals surface area contributed by atoms with Crippen molar-refractivity contribution in [2.75, 3.05) is 0 Å². The number of hydrazine groups is 1. The highest BCUT2D eigenvalue weighted by atomic mass is 32.1. The molecular formula is C8H7N5O5S. The van der Waals surface area contributed by atoms with Crippen molar-refractivity contribution in [2.24, 2.45) is 11.6 Å². The SMILES string of the molecule is NC(=S)N(N)C(=O)c1ccc([N+](=O)[O-])c([N+](=O)[O-])c1. The number of carbonyl (C=O) groups is 1. The monoisotopic (exact) mass is 285 g/mol. The van der Waals surface area contributed by atoms with Crippen LogP contribution in [0.1, 0.15) is 10.4 Å². The van der Waals surface area contributed by atoms with Crippen LogP contribution in [0.15, 0.2) is 18.2 Å². The van der Waals surface area contributed by atoms with Crippen molar-refractivity contribution >= 4 is 34.6 Å². The Morgan fingerprint density at radius 1 is 1.21 bits per heavy atom. The number of nitro benzene ring substituents is 2. The van der Waals surface area contributed by atoms with Crippen molar-refractivity contribution in [1.29, 1.82) is 0 Å². The van der Waals surface area contributed by atoms with Crippen molar-refractivity contribution in [1.82, 2.24) is 5.01 Å². The average Bonchev–Trinajstić information content (AvgIpc) is 2.35. The molecule has 0 spiro atoms. The van der Waals surface area contributed by atoms with Crippen LogP contribution < -0.4 is 11.6 Å². The molecule has 0 fully saturated rings. The van der Waals surface area contributed by atoms with Gasteiger partial charge in [-0.05, 0) is 18.3 Å². The molecule has 1 aromatic rings. The first kappa shape index (κ1) is 14.4. The van der Waals surface area contributed by atoms with Crippen LogP contribution in [0.3, 0.4) is 0 Å². The zero-order valence-electron chi connectivity index (χ0n) is 9.18. The molecular weight excluding hydrogens is 278 g/mol. The highest BCUT2D eigenvalue weighted by Gasteiger charge is 2.27. The fourth-order valence-corrected chi connectivity index (χ4v) is 1.28. The summed E-state index contributed by atoms with van der Waals surface area (Å²) in [5, 5.41) is 21.3. The summed E-state index contributed by atoms with van der Waals surface area (Å²) in [5.41, 5.74) is 3.31. The molecule has 0 aromatic heterocycles. The van der Waals surface area contributed by atoms with Crippen LogP contribution >= 0.6 is 12.2 Å². The standard InChI is InChI=1S/C8H7N5O5S/c9-8(19)11(10)7(14)4-1-2-5(12(15)16)6(3-4)13(17)18/h1-3H,10H2,(H2,9,19). The molecule has 0 unspecified atom stereocenters. The molecule has 1 rings (SSSR count). The molecule has 0 saturated heterocycles. The summed E-state index contributed by atoms with van der Waals surface area (Å²) in [6, 6.07) is 2.59. The maximum atomic E-state index is 11.7. The second-order valence-electron chi connectivity index (χ2n) is 3.23. The average molecular weight is 285 g/mol. The molecule has 10 nitrogen and oxygen atoms in total. The first-order valence-corrected chi connectivity index (χ1v) is 4.98. The van der Waals surface area contributed by atoms with E-state index in [1.807, 2.05) is 0 Å². The molecule has 0 heterocycles. The minimum absolute atomic E-state index is 0.243. The quantitative estimate of drug-likeness (QED) is 0.259. The number of nitrogens with two attached hydrogens (primary N) is 2. The van der Waals surface area contributed by atoms with Gasteiger partial charge in [-0.3, -0.25) is 25.0 Å². The molecule has 100 valence electrons. The molecule has 11 heteroatoms. The van der Waals surface area contributed by atoms with Gasteiger partial charge < -0.3 is 5.73 Å². The van der Waals surface area contributed by atoms with E-state index in [0.717, 1.165) is 18.2 Å². The van der Waals surface area contributed by atoms with E-state index in [2.05, 4.69) is 12.2 Å². The Kier molecular flexibility index (Phi) is 4.04. The van der Waals surface area contributed by atoms with Crippen molar-refractivity contribution in [2.45, 2.75) is 0 Å². The maximum Gasteiger partial charge on any atom is 0.346 e. The lowest BCUT2D eigenvalue weighted by atomic mass is 10.1. The largest absolute Gasteiger partial charge is 0.375 e. The van der Waals surface area contributed by atoms with Gasteiger partial charge in [0.25, 0.3) is 5.91 Å². The molecule has 4 N–H and O–H groups in total. The third-order valence-corrected chi connectivity index (χ3v) is 2.27. The number of nitrogens with zero attached hydrogens (tertiary/aromatic N) is 3. The van der Waals surface area contributed by atoms with E-state index in [-0.39, 0.29) is 5.56 Å². The van der Waals surface area contributed by atoms with Crippen LogP contribution in [-0.2, 0) is 0 Å². The summed E-state index contributed by atoms with van der Waals surface area (Å²) in [7, 11) is 0. The Morgan fingerprint density at radius 2 is 1.74 bits per heavy atom. The lowest BCUT2D eigenvalue weighted by Gasteiger charge is -2.13. The van der Waals surface area contributed by atoms with Gasteiger partial charge in [-0.15, -0.1) is 0 Å². The highest BCUT2D eigenvalue weighted by Crippen LogP contribution is 2.27. The Labute approximate surface area is 110 Å². The number of rotatable bonds is 3. The van der Waals surface area contributed by atoms with E-state index < -0.39 is 32.2 Å². The molecule has 0 aliphatic carbocycles. The summed E-state index contributed by atoms with van der Waals surface area (Å²) >= 11 is 4.46. The number of benzene rings is 1. The van der Waals surface area contributed by atoms with Gasteiger partial charge in [0.05, 0.1) is 9.85 Å². The second kappa shape index (κ2) is 5.32. The number of hydrogen-bond donors (Lipinski definition) is 2. The number of carbonyl (C=O) groups excluding carboxylic acids is 1. The normalized spacial score (nSPS) is 9.74. The zero-order chi connectivity index (χ0) is 14.7. The third-order valence-electron chi connectivity index (χ3n) is 2.07. The maximum absolute atomic E-state index is 11.7. The predicted molar refractivity (Wildman–Crippen MR) is 66.9 cm³/mol. The van der Waals surface area contributed by atoms with Crippen molar-refractivity contribution in [3.05, 3.63) is 44.0 Å². The fourth-order valence-electron chi connectivity index (χ4n) is 1.20. The van der Waals surface area contributed by atoms with Crippen LogP contribution in [0.5, 0.6) is 0 Å². The van der Waals surface area contributed by atoms with Gasteiger partial charge in [-0.2, -0.15) is 0 Å². The van der Waals surface area contributed by atoms with Gasteiger partial charge in [-0.25, -0.2) is 10.9 Å². The van der Waals surface area contributed by atoms with Crippen LogP contribution in [0.4, 0.5) is 11.4 Å². The number of thiocarbonyl (C=S) groups is 1. The first-order chi connectivity index (χ1) is 8.75. The predicted octanol–water partition coefficient (Wildman–Crippen LogP) is 0.0625. The summed E-state index contributed by atoms with van der Waals surface area (Å²) in [6.07, 6.45) is 0. The Balaban J connectivity index is 3.30. The van der Waals surface area contributed by atoms with E-state index in [1.54, 1.807) is 0 Å². The van der Waals surface area contributed by atoms with E-state index in [0.29, 0.717) is 5.01 Å². The van der Waals surface area contributed by atoms with Crippen molar-refractivity contribution in [3.8, 4) is 0 Å². The third kappa shape index (κ3) is 2.97. The lowest BCUT2D eigenvalue weighted by molar-refractivity contribution is -0.422. The Hall–Kier alpha value is -2.66. The molecule has 0 atom stereocenters. The first-order valence-electron chi connectivity index (χ1n) is 4.57. The Bertz CT molecular complexity index is 589. The topological polar surface area (TPSA) is 159 Å². The van der Waals surface area contributed by atoms with Crippen LogP contribution in [0.25, 0.3) is 0 Å². The van der Waals surface area contributed by atoms with E-state index >= 15 is 0 Å². The van der Waals surface area contributed by atoms with E-state index in [9.17, 15) is 25.0 Å². The summed E-state index contributed by atoms with van der Waals surface area (Å²) in [6.45, 7) is 0. The van der Waals surface area contributed by atoms with Crippen LogP contribution in [-0.4, -0.2) is 25.9 Å². The minimum Gasteiger partial charge on any atom is -0.375 e. The summed E-state index contributed by atoms with van der Waals surface area (Å²) in [5.74, 6) is 4.32. The minimum atomic E-state index is -0.976. The highest BCUT2D eigenvalue weighted by molar-refractivity contribution is 7.80. The Morgan fingerprint density at radius 3 is 2.16 bits per heavy atom.